The lowest BCUT2D eigenvalue weighted by Gasteiger charge is -2.21. The number of phenolic OH excluding ortho intramolecular Hbond substituents is 7. The normalized spacial score (nSPS) is 11.4. The molecule has 5 rings (SSSR count). The number of phenols is 7. The van der Waals surface area contributed by atoms with Crippen molar-refractivity contribution in [3.63, 3.8) is 0 Å². The monoisotopic (exact) mass is 548 g/mol. The summed E-state index contributed by atoms with van der Waals surface area (Å²) >= 11 is 3.47. The number of halogens is 1. The molecule has 36 heavy (non-hydrogen) atoms. The van der Waals surface area contributed by atoms with Crippen LogP contribution in [0.25, 0.3) is 43.8 Å². The third-order valence-corrected chi connectivity index (χ3v) is 7.56. The summed E-state index contributed by atoms with van der Waals surface area (Å²) in [6.07, 6.45) is 0. The molecule has 182 valence electrons. The van der Waals surface area contributed by atoms with Gasteiger partial charge >= 0.3 is 0 Å². The van der Waals surface area contributed by atoms with Crippen LogP contribution < -0.4 is 0 Å². The summed E-state index contributed by atoms with van der Waals surface area (Å²) in [4.78, 5) is 0. The summed E-state index contributed by atoms with van der Waals surface area (Å²) in [5.74, 6) is -4.17. The first-order valence-electron chi connectivity index (χ1n) is 10.9. The predicted molar refractivity (Wildman–Crippen MR) is 141 cm³/mol. The van der Waals surface area contributed by atoms with Gasteiger partial charge in [-0.25, -0.2) is 0 Å². The molecule has 7 nitrogen and oxygen atoms in total. The summed E-state index contributed by atoms with van der Waals surface area (Å²) < 4.78 is 0.381. The zero-order chi connectivity index (χ0) is 26.0. The molecule has 0 aliphatic rings. The lowest BCUT2D eigenvalue weighted by atomic mass is 9.85. The first-order chi connectivity index (χ1) is 17.1. The molecule has 5 aromatic carbocycles. The number of rotatable bonds is 2. The predicted octanol–water partition coefficient (Wildman–Crippen LogP) is 6.65. The summed E-state index contributed by atoms with van der Waals surface area (Å²) in [6, 6.07) is 13.9. The average Bonchev–Trinajstić information content (AvgIpc) is 2.89. The Morgan fingerprint density at radius 3 is 1.56 bits per heavy atom. The molecule has 8 heteroatoms. The summed E-state index contributed by atoms with van der Waals surface area (Å²) in [5, 5.41) is 76.2. The second-order valence-electron chi connectivity index (χ2n) is 8.60. The fourth-order valence-corrected chi connectivity index (χ4v) is 5.45. The van der Waals surface area contributed by atoms with Gasteiger partial charge in [0.15, 0.2) is 23.0 Å². The highest BCUT2D eigenvalue weighted by atomic mass is 79.9. The molecule has 0 radical (unpaired) electrons. The second-order valence-corrected chi connectivity index (χ2v) is 9.39. The summed E-state index contributed by atoms with van der Waals surface area (Å²) in [5.41, 5.74) is 1.79. The van der Waals surface area contributed by atoms with E-state index in [0.29, 0.717) is 43.1 Å². The van der Waals surface area contributed by atoms with Gasteiger partial charge in [-0.1, -0.05) is 48.5 Å². The van der Waals surface area contributed by atoms with Gasteiger partial charge in [0.25, 0.3) is 0 Å². The fraction of sp³-hybridized carbons (Fsp3) is 0.0714. The maximum Gasteiger partial charge on any atom is 0.204 e. The highest BCUT2D eigenvalue weighted by molar-refractivity contribution is 9.10. The van der Waals surface area contributed by atoms with Crippen LogP contribution in [-0.4, -0.2) is 35.7 Å². The van der Waals surface area contributed by atoms with E-state index in [-0.39, 0.29) is 27.8 Å². The van der Waals surface area contributed by atoms with E-state index in [1.165, 1.54) is 0 Å². The standard InChI is InChI=1S/C28H21BrO7/c1-11-12(2)23(31)24(32)18(22(11)30)14-8-4-3-7-13(14)17-15-9-5-6-10-16(15)21(29)20-19(17)25(33)27(35)28(36)26(20)34/h3-10,30-36H,1-2H3. The molecule has 0 atom stereocenters. The first kappa shape index (κ1) is 23.4. The van der Waals surface area contributed by atoms with Crippen LogP contribution in [-0.2, 0) is 0 Å². The average molecular weight is 549 g/mol. The molecule has 5 aromatic rings. The van der Waals surface area contributed by atoms with Crippen molar-refractivity contribution in [1.29, 1.82) is 0 Å². The van der Waals surface area contributed by atoms with Crippen LogP contribution in [0, 0.1) is 13.8 Å². The number of hydrogen-bond acceptors (Lipinski definition) is 7. The number of fused-ring (bicyclic) bond motifs is 2. The highest BCUT2D eigenvalue weighted by Gasteiger charge is 2.28. The van der Waals surface area contributed by atoms with Gasteiger partial charge in [-0.3, -0.25) is 0 Å². The van der Waals surface area contributed by atoms with Crippen molar-refractivity contribution in [3.05, 3.63) is 64.1 Å². The van der Waals surface area contributed by atoms with Crippen LogP contribution in [0.3, 0.4) is 0 Å². The molecule has 0 bridgehead atoms. The third kappa shape index (κ3) is 3.04. The molecule has 0 unspecified atom stereocenters. The molecule has 0 spiro atoms. The molecule has 0 aliphatic carbocycles. The van der Waals surface area contributed by atoms with E-state index in [9.17, 15) is 35.7 Å². The van der Waals surface area contributed by atoms with Gasteiger partial charge in [-0.2, -0.15) is 0 Å². The van der Waals surface area contributed by atoms with Crippen molar-refractivity contribution in [1.82, 2.24) is 0 Å². The van der Waals surface area contributed by atoms with E-state index in [1.807, 2.05) is 0 Å². The minimum Gasteiger partial charge on any atom is -0.507 e. The molecule has 0 fully saturated rings. The highest BCUT2D eigenvalue weighted by Crippen LogP contribution is 2.57. The van der Waals surface area contributed by atoms with E-state index >= 15 is 0 Å². The van der Waals surface area contributed by atoms with Crippen molar-refractivity contribution < 1.29 is 35.7 Å². The SMILES string of the molecule is Cc1c(C)c(O)c(-c2ccccc2-c2c3ccccc3c(Br)c3c(O)c(O)c(O)c(O)c23)c(O)c1O. The van der Waals surface area contributed by atoms with E-state index in [4.69, 9.17) is 0 Å². The van der Waals surface area contributed by atoms with Crippen molar-refractivity contribution >= 4 is 37.5 Å². The van der Waals surface area contributed by atoms with Crippen LogP contribution in [0.4, 0.5) is 0 Å². The minimum atomic E-state index is -0.893. The summed E-state index contributed by atoms with van der Waals surface area (Å²) in [7, 11) is 0. The Morgan fingerprint density at radius 1 is 0.472 bits per heavy atom. The second kappa shape index (κ2) is 8.13. The molecule has 0 amide bonds. The van der Waals surface area contributed by atoms with Crippen molar-refractivity contribution in [2.45, 2.75) is 13.8 Å². The molecule has 0 saturated heterocycles. The number of hydrogen-bond donors (Lipinski definition) is 7. The smallest absolute Gasteiger partial charge is 0.204 e. The Morgan fingerprint density at radius 2 is 0.944 bits per heavy atom. The number of aromatic hydroxyl groups is 7. The largest absolute Gasteiger partial charge is 0.507 e. The van der Waals surface area contributed by atoms with Crippen molar-refractivity contribution in [2.24, 2.45) is 0 Å². The Labute approximate surface area is 213 Å². The van der Waals surface area contributed by atoms with Gasteiger partial charge in [-0.05, 0) is 57.2 Å². The molecule has 7 N–H and O–H groups in total. The van der Waals surface area contributed by atoms with Crippen LogP contribution >= 0.6 is 15.9 Å². The lowest BCUT2D eigenvalue weighted by molar-refractivity contribution is 0.351. The zero-order valence-corrected chi connectivity index (χ0v) is 20.7. The molecule has 0 aliphatic heterocycles. The zero-order valence-electron chi connectivity index (χ0n) is 19.1. The van der Waals surface area contributed by atoms with Gasteiger partial charge in [-0.15, -0.1) is 0 Å². The molecule has 0 heterocycles. The molecule has 0 aromatic heterocycles. The number of benzene rings is 5. The Hall–Kier alpha value is -4.30. The van der Waals surface area contributed by atoms with E-state index < -0.39 is 28.7 Å². The Kier molecular flexibility index (Phi) is 5.30. The van der Waals surface area contributed by atoms with Crippen LogP contribution in [0.15, 0.2) is 53.0 Å². The van der Waals surface area contributed by atoms with Gasteiger partial charge in [0.1, 0.15) is 5.75 Å². The van der Waals surface area contributed by atoms with Crippen molar-refractivity contribution in [3.8, 4) is 62.5 Å². The van der Waals surface area contributed by atoms with Gasteiger partial charge in [0.05, 0.1) is 5.56 Å². The van der Waals surface area contributed by atoms with Crippen molar-refractivity contribution in [2.75, 3.05) is 0 Å². The topological polar surface area (TPSA) is 142 Å². The van der Waals surface area contributed by atoms with Crippen LogP contribution in [0.2, 0.25) is 0 Å². The van der Waals surface area contributed by atoms with Gasteiger partial charge < -0.3 is 35.7 Å². The van der Waals surface area contributed by atoms with E-state index in [0.717, 1.165) is 0 Å². The molecular formula is C28H21BrO7. The van der Waals surface area contributed by atoms with Gasteiger partial charge in [0.2, 0.25) is 11.5 Å². The third-order valence-electron chi connectivity index (χ3n) is 6.74. The van der Waals surface area contributed by atoms with Crippen LogP contribution in [0.5, 0.6) is 40.2 Å². The maximum atomic E-state index is 11.0. The van der Waals surface area contributed by atoms with E-state index in [2.05, 4.69) is 15.9 Å². The lowest BCUT2D eigenvalue weighted by Crippen LogP contribution is -1.94. The maximum absolute atomic E-state index is 11.0. The Bertz CT molecular complexity index is 1710. The Balaban J connectivity index is 2.06. The summed E-state index contributed by atoms with van der Waals surface area (Å²) in [6.45, 7) is 3.19. The van der Waals surface area contributed by atoms with Crippen LogP contribution in [0.1, 0.15) is 11.1 Å². The van der Waals surface area contributed by atoms with E-state index in [1.54, 1.807) is 62.4 Å². The van der Waals surface area contributed by atoms with Gasteiger partial charge in [0, 0.05) is 26.4 Å². The minimum absolute atomic E-state index is 0.0157. The fourth-order valence-electron chi connectivity index (χ4n) is 4.72. The first-order valence-corrected chi connectivity index (χ1v) is 11.7. The molecular weight excluding hydrogens is 528 g/mol. The quantitative estimate of drug-likeness (QED) is 0.0743. The molecule has 0 saturated carbocycles.